The Hall–Kier alpha value is -3.13. The first-order valence-corrected chi connectivity index (χ1v) is 7.29. The fourth-order valence-electron chi connectivity index (χ4n) is 2.52. The van der Waals surface area contributed by atoms with Gasteiger partial charge in [0.1, 0.15) is 17.2 Å². The number of nitrogen functional groups attached to an aromatic ring is 1. The number of aromatic carboxylic acids is 1. The molecule has 3 aromatic rings. The number of pyridine rings is 2. The Kier molecular flexibility index (Phi) is 4.05. The van der Waals surface area contributed by atoms with Crippen molar-refractivity contribution in [2.24, 2.45) is 0 Å². The lowest BCUT2D eigenvalue weighted by Crippen LogP contribution is -2.16. The van der Waals surface area contributed by atoms with Gasteiger partial charge in [0.15, 0.2) is 5.75 Å². The van der Waals surface area contributed by atoms with Crippen molar-refractivity contribution in [1.82, 2.24) is 9.97 Å². The van der Waals surface area contributed by atoms with Crippen LogP contribution < -0.4 is 15.9 Å². The van der Waals surface area contributed by atoms with Crippen molar-refractivity contribution in [3.05, 3.63) is 51.2 Å². The monoisotopic (exact) mass is 363 g/mol. The van der Waals surface area contributed by atoms with Crippen LogP contribution in [0.2, 0.25) is 5.02 Å². The molecular weight excluding hydrogens is 353 g/mol. The molecule has 7 nitrogen and oxygen atoms in total. The predicted molar refractivity (Wildman–Crippen MR) is 90.7 cm³/mol. The van der Waals surface area contributed by atoms with Crippen LogP contribution in [-0.4, -0.2) is 28.2 Å². The predicted octanol–water partition coefficient (Wildman–Crippen LogP) is 2.67. The smallest absolute Gasteiger partial charge is 0.341 e. The normalized spacial score (nSPS) is 10.8. The number of nitrogens with one attached hydrogen (secondary N) is 1. The highest BCUT2D eigenvalue weighted by molar-refractivity contribution is 6.33. The molecule has 0 bridgehead atoms. The Morgan fingerprint density at radius 3 is 2.76 bits per heavy atom. The number of fused-ring (bicyclic) bond motifs is 1. The Morgan fingerprint density at radius 2 is 2.16 bits per heavy atom. The zero-order valence-corrected chi connectivity index (χ0v) is 13.5. The van der Waals surface area contributed by atoms with Gasteiger partial charge in [-0.05, 0) is 12.1 Å². The summed E-state index contributed by atoms with van der Waals surface area (Å²) >= 11 is 5.94. The number of nitrogens with two attached hydrogens (primary N) is 1. The molecule has 0 aliphatic carbocycles. The lowest BCUT2D eigenvalue weighted by Gasteiger charge is -2.13. The van der Waals surface area contributed by atoms with Crippen molar-refractivity contribution in [1.29, 1.82) is 0 Å². The first-order valence-electron chi connectivity index (χ1n) is 6.91. The molecule has 0 aliphatic heterocycles. The maximum atomic E-state index is 14.7. The first kappa shape index (κ1) is 16.7. The number of hydrogen-bond donors (Lipinski definition) is 3. The number of nitrogens with zero attached hydrogens (tertiary/aromatic N) is 1. The molecule has 2 aromatic heterocycles. The zero-order valence-electron chi connectivity index (χ0n) is 12.8. The fourth-order valence-corrected chi connectivity index (χ4v) is 2.69. The first-order chi connectivity index (χ1) is 11.8. The average Bonchev–Trinajstić information content (AvgIpc) is 2.57. The molecule has 0 radical (unpaired) electrons. The second-order valence-electron chi connectivity index (χ2n) is 5.12. The SMILES string of the molecule is COc1c(-c2cnc(N)c(Cl)c2)c(F)cc2c(=O)c(C(=O)O)c[nH]c12. The number of methoxy groups -OCH3 is 1. The van der Waals surface area contributed by atoms with E-state index in [2.05, 4.69) is 9.97 Å². The number of carboxylic acids is 1. The summed E-state index contributed by atoms with van der Waals surface area (Å²) in [5.74, 6) is -2.10. The van der Waals surface area contributed by atoms with E-state index < -0.39 is 22.8 Å². The minimum absolute atomic E-state index is 0.0168. The molecule has 0 fully saturated rings. The standard InChI is InChI=1S/C16H11ClFN3O4/c1-25-14-11(6-2-9(17)15(19)21-4-6)10(18)3-7-12(14)20-5-8(13(7)22)16(23)24/h2-5H,1H3,(H2,19,21)(H,20,22)(H,23,24). The summed E-state index contributed by atoms with van der Waals surface area (Å²) in [6, 6.07) is 2.36. The molecule has 0 atom stereocenters. The van der Waals surface area contributed by atoms with E-state index in [0.717, 1.165) is 12.3 Å². The van der Waals surface area contributed by atoms with E-state index in [1.807, 2.05) is 0 Å². The van der Waals surface area contributed by atoms with Crippen molar-refractivity contribution >= 4 is 34.3 Å². The van der Waals surface area contributed by atoms with Gasteiger partial charge >= 0.3 is 5.97 Å². The third-order valence-electron chi connectivity index (χ3n) is 3.68. The molecule has 128 valence electrons. The van der Waals surface area contributed by atoms with E-state index in [0.29, 0.717) is 5.56 Å². The van der Waals surface area contributed by atoms with Crippen LogP contribution in [0.5, 0.6) is 5.75 Å². The van der Waals surface area contributed by atoms with Gasteiger partial charge in [0.05, 0.1) is 28.6 Å². The third-order valence-corrected chi connectivity index (χ3v) is 3.98. The minimum atomic E-state index is -1.42. The Bertz CT molecular complexity index is 1080. The number of ether oxygens (including phenoxy) is 1. The van der Waals surface area contributed by atoms with Crippen LogP contribution in [0.3, 0.4) is 0 Å². The van der Waals surface area contributed by atoms with Gasteiger partial charge in [0, 0.05) is 18.0 Å². The van der Waals surface area contributed by atoms with Crippen molar-refractivity contribution in [2.75, 3.05) is 12.8 Å². The topological polar surface area (TPSA) is 118 Å². The Morgan fingerprint density at radius 1 is 1.44 bits per heavy atom. The fraction of sp³-hybridized carbons (Fsp3) is 0.0625. The molecule has 3 rings (SSSR count). The molecule has 0 saturated carbocycles. The van der Waals surface area contributed by atoms with Crippen LogP contribution >= 0.6 is 11.6 Å². The summed E-state index contributed by atoms with van der Waals surface area (Å²) in [5, 5.41) is 9.02. The van der Waals surface area contributed by atoms with Gasteiger partial charge in [-0.2, -0.15) is 0 Å². The highest BCUT2D eigenvalue weighted by Gasteiger charge is 2.21. The third kappa shape index (κ3) is 2.66. The summed E-state index contributed by atoms with van der Waals surface area (Å²) < 4.78 is 20.0. The van der Waals surface area contributed by atoms with Gasteiger partial charge in [0.25, 0.3) is 0 Å². The van der Waals surface area contributed by atoms with Crippen LogP contribution in [0.4, 0.5) is 10.2 Å². The largest absolute Gasteiger partial charge is 0.494 e. The number of aromatic nitrogens is 2. The number of rotatable bonds is 3. The Balaban J connectivity index is 2.40. The number of carbonyl (C=O) groups is 1. The van der Waals surface area contributed by atoms with Gasteiger partial charge in [-0.25, -0.2) is 14.2 Å². The van der Waals surface area contributed by atoms with E-state index >= 15 is 0 Å². The quantitative estimate of drug-likeness (QED) is 0.658. The van der Waals surface area contributed by atoms with Crippen molar-refractivity contribution in [2.45, 2.75) is 0 Å². The van der Waals surface area contributed by atoms with Gasteiger partial charge < -0.3 is 20.6 Å². The summed E-state index contributed by atoms with van der Waals surface area (Å²) in [6.07, 6.45) is 2.35. The maximum absolute atomic E-state index is 14.7. The van der Waals surface area contributed by atoms with Crippen LogP contribution in [0.25, 0.3) is 22.0 Å². The lowest BCUT2D eigenvalue weighted by molar-refractivity contribution is 0.0695. The van der Waals surface area contributed by atoms with E-state index in [9.17, 15) is 14.0 Å². The molecule has 0 aliphatic rings. The van der Waals surface area contributed by atoms with E-state index in [1.54, 1.807) is 0 Å². The summed E-state index contributed by atoms with van der Waals surface area (Å²) in [4.78, 5) is 29.9. The molecule has 1 aromatic carbocycles. The molecular formula is C16H11ClFN3O4. The second kappa shape index (κ2) is 6.06. The van der Waals surface area contributed by atoms with Crippen LogP contribution in [0.15, 0.2) is 29.3 Å². The van der Waals surface area contributed by atoms with E-state index in [-0.39, 0.29) is 33.1 Å². The molecule has 0 saturated heterocycles. The van der Waals surface area contributed by atoms with E-state index in [4.69, 9.17) is 27.2 Å². The maximum Gasteiger partial charge on any atom is 0.341 e. The lowest BCUT2D eigenvalue weighted by atomic mass is 10.0. The average molecular weight is 364 g/mol. The minimum Gasteiger partial charge on any atom is -0.494 e. The van der Waals surface area contributed by atoms with Gasteiger partial charge in [-0.15, -0.1) is 0 Å². The number of halogens is 2. The summed E-state index contributed by atoms with van der Waals surface area (Å²) in [6.45, 7) is 0. The summed E-state index contributed by atoms with van der Waals surface area (Å²) in [7, 11) is 1.30. The molecule has 0 spiro atoms. The number of hydrogen-bond acceptors (Lipinski definition) is 5. The van der Waals surface area contributed by atoms with Gasteiger partial charge in [-0.1, -0.05) is 11.6 Å². The Labute approximate surface area is 144 Å². The molecule has 25 heavy (non-hydrogen) atoms. The molecule has 4 N–H and O–H groups in total. The van der Waals surface area contributed by atoms with Crippen LogP contribution in [0.1, 0.15) is 10.4 Å². The number of H-pyrrole nitrogens is 1. The molecule has 2 heterocycles. The van der Waals surface area contributed by atoms with E-state index in [1.165, 1.54) is 19.4 Å². The van der Waals surface area contributed by atoms with Crippen molar-refractivity contribution in [3.63, 3.8) is 0 Å². The highest BCUT2D eigenvalue weighted by atomic mass is 35.5. The second-order valence-corrected chi connectivity index (χ2v) is 5.52. The van der Waals surface area contributed by atoms with Gasteiger partial charge in [-0.3, -0.25) is 4.79 Å². The number of benzene rings is 1. The number of carboxylic acid groups (broad SMARTS) is 1. The highest BCUT2D eigenvalue weighted by Crippen LogP contribution is 2.38. The molecule has 0 amide bonds. The van der Waals surface area contributed by atoms with Crippen LogP contribution in [0, 0.1) is 5.82 Å². The van der Waals surface area contributed by atoms with Gasteiger partial charge in [0.2, 0.25) is 5.43 Å². The molecule has 9 heteroatoms. The van der Waals surface area contributed by atoms with Crippen molar-refractivity contribution < 1.29 is 19.0 Å². The molecule has 0 unspecified atom stereocenters. The van der Waals surface area contributed by atoms with Crippen molar-refractivity contribution in [3.8, 4) is 16.9 Å². The summed E-state index contributed by atoms with van der Waals surface area (Å²) in [5.41, 5.74) is 4.70. The number of anilines is 1. The zero-order chi connectivity index (χ0) is 18.3. The van der Waals surface area contributed by atoms with Crippen LogP contribution in [-0.2, 0) is 0 Å². The number of aromatic amines is 1.